The van der Waals surface area contributed by atoms with Crippen molar-refractivity contribution >= 4 is 70.9 Å². The maximum Gasteiger partial charge on any atom is 0.325 e. The molecule has 25 heteroatoms. The molecule has 11 amide bonds. The molecule has 0 saturated carbocycles. The van der Waals surface area contributed by atoms with Crippen LogP contribution in [0, 0.1) is 5.92 Å². The summed E-state index contributed by atoms with van der Waals surface area (Å²) in [4.78, 5) is 151. The molecule has 0 bridgehead atoms. The van der Waals surface area contributed by atoms with E-state index in [2.05, 4.69) is 47.9 Å². The van der Waals surface area contributed by atoms with E-state index in [-0.39, 0.29) is 31.6 Å². The zero-order valence-corrected chi connectivity index (χ0v) is 37.9. The summed E-state index contributed by atoms with van der Waals surface area (Å²) in [5.74, 6) is -11.3. The Labute approximate surface area is 380 Å². The summed E-state index contributed by atoms with van der Waals surface area (Å²) in [6.07, 6.45) is -1.28. The van der Waals surface area contributed by atoms with E-state index in [1.807, 2.05) is 0 Å². The molecule has 0 saturated heterocycles. The molecule has 25 nitrogen and oxygen atoms in total. The third-order valence-corrected chi connectivity index (χ3v) is 9.40. The van der Waals surface area contributed by atoms with Crippen LogP contribution in [-0.4, -0.2) is 142 Å². The summed E-state index contributed by atoms with van der Waals surface area (Å²) in [6, 6.07) is -1.51. The van der Waals surface area contributed by atoms with E-state index in [9.17, 15) is 67.7 Å². The van der Waals surface area contributed by atoms with Gasteiger partial charge in [0, 0.05) is 19.8 Å². The number of amides is 11. The zero-order chi connectivity index (χ0) is 50.5. The predicted molar refractivity (Wildman–Crippen MR) is 232 cm³/mol. The summed E-state index contributed by atoms with van der Waals surface area (Å²) in [6.45, 7) is 7.95. The molecule has 0 fully saturated rings. The Morgan fingerprint density at radius 3 is 1.68 bits per heavy atom. The van der Waals surface area contributed by atoms with Crippen LogP contribution in [0.4, 0.5) is 0 Å². The van der Waals surface area contributed by atoms with Gasteiger partial charge in [-0.15, -0.1) is 0 Å². The highest BCUT2D eigenvalue weighted by Gasteiger charge is 2.35. The van der Waals surface area contributed by atoms with Crippen molar-refractivity contribution < 1.29 is 67.7 Å². The molecular formula is C41H63N11O14. The first kappa shape index (κ1) is 56.8. The number of aliphatic hydroxyl groups excluding tert-OH is 1. The van der Waals surface area contributed by atoms with E-state index in [0.29, 0.717) is 5.56 Å². The summed E-state index contributed by atoms with van der Waals surface area (Å²) in [5, 5.41) is 40.2. The Bertz CT molecular complexity index is 1950. The van der Waals surface area contributed by atoms with Gasteiger partial charge in [0.1, 0.15) is 47.8 Å². The zero-order valence-electron chi connectivity index (χ0n) is 37.9. The fourth-order valence-corrected chi connectivity index (χ4v) is 5.85. The van der Waals surface area contributed by atoms with Gasteiger partial charge in [-0.3, -0.25) is 57.5 Å². The van der Waals surface area contributed by atoms with Crippen molar-refractivity contribution in [3.63, 3.8) is 0 Å². The molecule has 1 aromatic carbocycles. The number of carboxylic acid groups (broad SMARTS) is 1. The molecule has 0 aromatic heterocycles. The predicted octanol–water partition coefficient (Wildman–Crippen LogP) is -5.04. The SMILES string of the molecule is CC(=O)N[C@@H](CCC(N)=O)C(=O)N[C@@H](CO)C(=O)NC(C)(C)C(=O)NCC(=O)N[C@@H](C)C(=O)N[C@@H](CC(C)C)C(=O)N[C@@H](Cc1ccccc1)C(=O)N[C@@H](CC(N)=O)C(=O)N[C@@H](C)C(=O)O. The third kappa shape index (κ3) is 21.0. The van der Waals surface area contributed by atoms with Crippen LogP contribution in [0.3, 0.4) is 0 Å². The molecule has 0 aliphatic heterocycles. The molecule has 0 spiro atoms. The number of hydrogen-bond acceptors (Lipinski definition) is 13. The molecule has 0 unspecified atom stereocenters. The largest absolute Gasteiger partial charge is 0.480 e. The van der Waals surface area contributed by atoms with Crippen molar-refractivity contribution in [1.82, 2.24) is 47.9 Å². The Hall–Kier alpha value is -7.18. The van der Waals surface area contributed by atoms with Gasteiger partial charge in [-0.05, 0) is 52.0 Å². The summed E-state index contributed by atoms with van der Waals surface area (Å²) >= 11 is 0. The molecule has 0 radical (unpaired) electrons. The summed E-state index contributed by atoms with van der Waals surface area (Å²) < 4.78 is 0. The number of carbonyl (C=O) groups is 12. The maximum absolute atomic E-state index is 13.8. The van der Waals surface area contributed by atoms with Gasteiger partial charge in [-0.2, -0.15) is 0 Å². The van der Waals surface area contributed by atoms with Gasteiger partial charge < -0.3 is 69.5 Å². The first-order valence-corrected chi connectivity index (χ1v) is 20.8. The minimum atomic E-state index is -1.75. The fraction of sp³-hybridized carbons (Fsp3) is 0.561. The lowest BCUT2D eigenvalue weighted by Crippen LogP contribution is -2.62. The Kier molecular flexibility index (Phi) is 23.4. The average molecular weight is 934 g/mol. The third-order valence-electron chi connectivity index (χ3n) is 9.40. The molecule has 0 heterocycles. The van der Waals surface area contributed by atoms with E-state index in [4.69, 9.17) is 11.5 Å². The number of rotatable bonds is 28. The molecule has 0 aliphatic rings. The Morgan fingerprint density at radius 2 is 1.15 bits per heavy atom. The van der Waals surface area contributed by atoms with E-state index in [0.717, 1.165) is 13.8 Å². The molecular weight excluding hydrogens is 871 g/mol. The minimum Gasteiger partial charge on any atom is -0.480 e. The number of aliphatic carboxylic acids is 1. The van der Waals surface area contributed by atoms with E-state index in [1.54, 1.807) is 44.2 Å². The van der Waals surface area contributed by atoms with Crippen LogP contribution in [0.25, 0.3) is 0 Å². The van der Waals surface area contributed by atoms with Crippen LogP contribution in [-0.2, 0) is 64.0 Å². The fourth-order valence-electron chi connectivity index (χ4n) is 5.85. The number of carboxylic acids is 1. The topological polar surface area (TPSA) is 406 Å². The quantitative estimate of drug-likeness (QED) is 0.0374. The number of nitrogens with one attached hydrogen (secondary N) is 9. The monoisotopic (exact) mass is 933 g/mol. The van der Waals surface area contributed by atoms with Gasteiger partial charge in [0.15, 0.2) is 0 Å². The lowest BCUT2D eigenvalue weighted by Gasteiger charge is -2.28. The van der Waals surface area contributed by atoms with Crippen LogP contribution in [0.15, 0.2) is 30.3 Å². The van der Waals surface area contributed by atoms with Crippen LogP contribution in [0.1, 0.15) is 79.7 Å². The number of hydrogen-bond donors (Lipinski definition) is 13. The van der Waals surface area contributed by atoms with Crippen molar-refractivity contribution in [3.05, 3.63) is 35.9 Å². The Balaban J connectivity index is 3.05. The van der Waals surface area contributed by atoms with Crippen LogP contribution >= 0.6 is 0 Å². The lowest BCUT2D eigenvalue weighted by atomic mass is 10.0. The number of nitrogens with two attached hydrogens (primary N) is 2. The number of carbonyl (C=O) groups excluding carboxylic acids is 11. The average Bonchev–Trinajstić information content (AvgIpc) is 3.21. The second kappa shape index (κ2) is 27.2. The van der Waals surface area contributed by atoms with Gasteiger partial charge in [0.2, 0.25) is 65.0 Å². The van der Waals surface area contributed by atoms with Crippen molar-refractivity contribution in [2.24, 2.45) is 17.4 Å². The van der Waals surface area contributed by atoms with Crippen molar-refractivity contribution in [3.8, 4) is 0 Å². The second-order valence-electron chi connectivity index (χ2n) is 16.3. The van der Waals surface area contributed by atoms with Crippen LogP contribution < -0.4 is 59.3 Å². The van der Waals surface area contributed by atoms with Gasteiger partial charge in [0.05, 0.1) is 19.6 Å². The first-order chi connectivity index (χ1) is 30.7. The maximum atomic E-state index is 13.8. The highest BCUT2D eigenvalue weighted by molar-refractivity contribution is 5.99. The summed E-state index contributed by atoms with van der Waals surface area (Å²) in [5.41, 5.74) is 9.24. The molecule has 7 atom stereocenters. The summed E-state index contributed by atoms with van der Waals surface area (Å²) in [7, 11) is 0. The molecule has 1 aromatic rings. The standard InChI is InChI=1S/C41H63N11O14/c1-20(2)15-26(36(61)49-27(16-24-11-9-8-10-12-24)37(62)50-28(17-31(43)56)35(60)46-22(4)39(64)65)48-33(58)21(3)45-32(57)18-44-40(66)41(6,7)52-38(63)29(19-53)51-34(59)25(47-23(5)54)13-14-30(42)55/h8-12,20-22,25-29,53H,13-19H2,1-7H3,(H2,42,55)(H2,43,56)(H,44,66)(H,45,57)(H,46,60)(H,47,54)(H,48,58)(H,49,61)(H,50,62)(H,51,59)(H,52,63)(H,64,65)/t21-,22-,25-,26-,27-,28-,29-/m0/s1. The highest BCUT2D eigenvalue weighted by atomic mass is 16.4. The molecule has 15 N–H and O–H groups in total. The number of primary amides is 2. The van der Waals surface area contributed by atoms with Gasteiger partial charge in [-0.1, -0.05) is 44.2 Å². The lowest BCUT2D eigenvalue weighted by molar-refractivity contribution is -0.142. The van der Waals surface area contributed by atoms with Crippen molar-refractivity contribution in [1.29, 1.82) is 0 Å². The molecule has 366 valence electrons. The number of aliphatic hydroxyl groups is 1. The Morgan fingerprint density at radius 1 is 0.621 bits per heavy atom. The number of benzene rings is 1. The van der Waals surface area contributed by atoms with Gasteiger partial charge in [-0.25, -0.2) is 0 Å². The first-order valence-electron chi connectivity index (χ1n) is 20.8. The van der Waals surface area contributed by atoms with Crippen LogP contribution in [0.5, 0.6) is 0 Å². The van der Waals surface area contributed by atoms with E-state index >= 15 is 0 Å². The van der Waals surface area contributed by atoms with Gasteiger partial charge in [0.25, 0.3) is 0 Å². The highest BCUT2D eigenvalue weighted by Crippen LogP contribution is 2.10. The normalized spacial score (nSPS) is 14.2. The van der Waals surface area contributed by atoms with Crippen molar-refractivity contribution in [2.45, 2.75) is 128 Å². The van der Waals surface area contributed by atoms with E-state index in [1.165, 1.54) is 20.8 Å². The van der Waals surface area contributed by atoms with Gasteiger partial charge >= 0.3 is 5.97 Å². The van der Waals surface area contributed by atoms with E-state index < -0.39 is 138 Å². The van der Waals surface area contributed by atoms with Crippen molar-refractivity contribution in [2.75, 3.05) is 13.2 Å². The molecule has 66 heavy (non-hydrogen) atoms. The van der Waals surface area contributed by atoms with Crippen LogP contribution in [0.2, 0.25) is 0 Å². The smallest absolute Gasteiger partial charge is 0.325 e. The molecule has 1 rings (SSSR count). The molecule has 0 aliphatic carbocycles. The second-order valence-corrected chi connectivity index (χ2v) is 16.3. The minimum absolute atomic E-state index is 0.0422.